The molecule has 0 radical (unpaired) electrons. The molecule has 1 aliphatic carbocycles. The van der Waals surface area contributed by atoms with Gasteiger partial charge in [-0.3, -0.25) is 4.79 Å². The first-order chi connectivity index (χ1) is 10.1. The maximum Gasteiger partial charge on any atom is 0.220 e. The quantitative estimate of drug-likeness (QED) is 0.825. The number of hydrogen-bond donors (Lipinski definition) is 2. The van der Waals surface area contributed by atoms with Crippen LogP contribution in [-0.4, -0.2) is 25.1 Å². The second-order valence-corrected chi connectivity index (χ2v) is 6.56. The van der Waals surface area contributed by atoms with Gasteiger partial charge >= 0.3 is 0 Å². The van der Waals surface area contributed by atoms with E-state index in [1.807, 2.05) is 18.2 Å². The van der Waals surface area contributed by atoms with E-state index in [1.165, 1.54) is 0 Å². The summed E-state index contributed by atoms with van der Waals surface area (Å²) in [5.74, 6) is 0.894. The summed E-state index contributed by atoms with van der Waals surface area (Å²) in [6.07, 6.45) is 5.52. The highest BCUT2D eigenvalue weighted by molar-refractivity contribution is 9.10. The number of carbonyl (C=O) groups excluding carboxylic acids is 1. The van der Waals surface area contributed by atoms with Crippen molar-refractivity contribution in [2.45, 2.75) is 44.1 Å². The number of ether oxygens (including phenoxy) is 1. The molecule has 4 nitrogen and oxygen atoms in total. The van der Waals surface area contributed by atoms with Crippen molar-refractivity contribution in [2.75, 3.05) is 13.7 Å². The molecule has 1 aromatic rings. The summed E-state index contributed by atoms with van der Waals surface area (Å²) in [7, 11) is 1.64. The van der Waals surface area contributed by atoms with Gasteiger partial charge in [-0.25, -0.2) is 0 Å². The van der Waals surface area contributed by atoms with Gasteiger partial charge in [-0.05, 0) is 52.9 Å². The number of methoxy groups -OCH3 is 1. The number of carbonyl (C=O) groups is 1. The number of halogens is 1. The molecular weight excluding hydrogens is 332 g/mol. The highest BCUT2D eigenvalue weighted by Gasteiger charge is 2.33. The zero-order valence-corrected chi connectivity index (χ0v) is 14.0. The Labute approximate surface area is 134 Å². The van der Waals surface area contributed by atoms with Gasteiger partial charge < -0.3 is 15.8 Å². The van der Waals surface area contributed by atoms with E-state index in [4.69, 9.17) is 10.5 Å². The van der Waals surface area contributed by atoms with Gasteiger partial charge in [0, 0.05) is 13.0 Å². The lowest BCUT2D eigenvalue weighted by Crippen LogP contribution is -2.51. The smallest absolute Gasteiger partial charge is 0.220 e. The average Bonchev–Trinajstić information content (AvgIpc) is 2.94. The van der Waals surface area contributed by atoms with E-state index < -0.39 is 0 Å². The van der Waals surface area contributed by atoms with Gasteiger partial charge in [0.15, 0.2) is 0 Å². The first-order valence-corrected chi connectivity index (χ1v) is 8.21. The molecule has 2 rings (SSSR count). The van der Waals surface area contributed by atoms with Crippen LogP contribution in [0.1, 0.15) is 37.7 Å². The van der Waals surface area contributed by atoms with Crippen molar-refractivity contribution >= 4 is 21.8 Å². The van der Waals surface area contributed by atoms with Gasteiger partial charge in [0.1, 0.15) is 5.75 Å². The number of nitrogens with two attached hydrogens (primary N) is 1. The molecule has 5 heteroatoms. The fraction of sp³-hybridized carbons (Fsp3) is 0.562. The second kappa shape index (κ2) is 7.27. The van der Waals surface area contributed by atoms with Crippen LogP contribution in [0, 0.1) is 0 Å². The fourth-order valence-corrected chi connectivity index (χ4v) is 3.50. The lowest BCUT2D eigenvalue weighted by atomic mass is 9.97. The lowest BCUT2D eigenvalue weighted by Gasteiger charge is -2.28. The minimum atomic E-state index is -0.155. The number of nitrogens with one attached hydrogen (secondary N) is 1. The molecule has 1 aromatic carbocycles. The largest absolute Gasteiger partial charge is 0.496 e. The van der Waals surface area contributed by atoms with Gasteiger partial charge in [0.05, 0.1) is 17.1 Å². The zero-order chi connectivity index (χ0) is 15.3. The summed E-state index contributed by atoms with van der Waals surface area (Å²) in [6.45, 7) is 0.535. The molecule has 21 heavy (non-hydrogen) atoms. The maximum atomic E-state index is 12.1. The average molecular weight is 355 g/mol. The number of hydrogen-bond acceptors (Lipinski definition) is 3. The molecule has 1 aliphatic rings. The Bertz CT molecular complexity index is 499. The molecule has 0 saturated heterocycles. The van der Waals surface area contributed by atoms with Crippen LogP contribution in [0.4, 0.5) is 0 Å². The van der Waals surface area contributed by atoms with E-state index >= 15 is 0 Å². The monoisotopic (exact) mass is 354 g/mol. The predicted molar refractivity (Wildman–Crippen MR) is 87.4 cm³/mol. The van der Waals surface area contributed by atoms with Crippen LogP contribution in [-0.2, 0) is 11.2 Å². The molecule has 0 spiro atoms. The van der Waals surface area contributed by atoms with Crippen LogP contribution in [0.3, 0.4) is 0 Å². The molecule has 1 fully saturated rings. The van der Waals surface area contributed by atoms with Gasteiger partial charge in [-0.2, -0.15) is 0 Å². The third kappa shape index (κ3) is 4.20. The van der Waals surface area contributed by atoms with Crippen LogP contribution in [0.25, 0.3) is 0 Å². The van der Waals surface area contributed by atoms with E-state index in [2.05, 4.69) is 21.2 Å². The van der Waals surface area contributed by atoms with E-state index in [-0.39, 0.29) is 11.4 Å². The zero-order valence-electron chi connectivity index (χ0n) is 12.5. The van der Waals surface area contributed by atoms with Gasteiger partial charge in [-0.15, -0.1) is 0 Å². The van der Waals surface area contributed by atoms with E-state index in [1.54, 1.807) is 7.11 Å². The lowest BCUT2D eigenvalue weighted by molar-refractivity contribution is -0.122. The van der Waals surface area contributed by atoms with Gasteiger partial charge in [0.2, 0.25) is 5.91 Å². The summed E-state index contributed by atoms with van der Waals surface area (Å²) in [5, 5.41) is 3.15. The minimum absolute atomic E-state index is 0.0919. The van der Waals surface area contributed by atoms with Crippen LogP contribution < -0.4 is 15.8 Å². The van der Waals surface area contributed by atoms with E-state index in [9.17, 15) is 4.79 Å². The third-order valence-electron chi connectivity index (χ3n) is 4.21. The van der Waals surface area contributed by atoms with Crippen molar-refractivity contribution in [3.63, 3.8) is 0 Å². The van der Waals surface area contributed by atoms with Crippen LogP contribution in [0.2, 0.25) is 0 Å². The Morgan fingerprint density at radius 1 is 1.43 bits per heavy atom. The summed E-state index contributed by atoms with van der Waals surface area (Å²) in [6, 6.07) is 5.90. The fourth-order valence-electron chi connectivity index (χ4n) is 2.91. The van der Waals surface area contributed by atoms with E-state index in [0.717, 1.165) is 47.9 Å². The predicted octanol–water partition coefficient (Wildman–Crippen LogP) is 2.78. The van der Waals surface area contributed by atoms with Crippen LogP contribution in [0.15, 0.2) is 22.7 Å². The molecule has 0 unspecified atom stereocenters. The molecular formula is C16H23BrN2O2. The number of amides is 1. The van der Waals surface area contributed by atoms with Crippen LogP contribution in [0.5, 0.6) is 5.75 Å². The topological polar surface area (TPSA) is 64.3 Å². The third-order valence-corrected chi connectivity index (χ3v) is 4.83. The molecule has 0 aromatic heterocycles. The second-order valence-electron chi connectivity index (χ2n) is 5.71. The molecule has 1 saturated carbocycles. The molecule has 116 valence electrons. The first kappa shape index (κ1) is 16.3. The summed E-state index contributed by atoms with van der Waals surface area (Å²) >= 11 is 3.46. The Hall–Kier alpha value is -1.07. The molecule has 3 N–H and O–H groups in total. The van der Waals surface area contributed by atoms with Crippen molar-refractivity contribution < 1.29 is 9.53 Å². The molecule has 0 bridgehead atoms. The minimum Gasteiger partial charge on any atom is -0.496 e. The number of benzene rings is 1. The first-order valence-electron chi connectivity index (χ1n) is 7.42. The van der Waals surface area contributed by atoms with Crippen LogP contribution >= 0.6 is 15.9 Å². The molecule has 0 heterocycles. The van der Waals surface area contributed by atoms with Crippen molar-refractivity contribution in [3.8, 4) is 5.75 Å². The van der Waals surface area contributed by atoms with E-state index in [0.29, 0.717) is 13.0 Å². The Kier molecular flexibility index (Phi) is 5.65. The number of rotatable bonds is 6. The van der Waals surface area contributed by atoms with Crippen molar-refractivity contribution in [1.29, 1.82) is 0 Å². The summed E-state index contributed by atoms with van der Waals surface area (Å²) in [5.41, 5.74) is 6.80. The summed E-state index contributed by atoms with van der Waals surface area (Å²) in [4.78, 5) is 12.1. The summed E-state index contributed by atoms with van der Waals surface area (Å²) < 4.78 is 6.12. The molecule has 0 atom stereocenters. The SMILES string of the molecule is COc1ccc(CCC(=O)NC2(CN)CCCC2)cc1Br. The standard InChI is InChI=1S/C16H23BrN2O2/c1-21-14-6-4-12(10-13(14)17)5-7-15(20)19-16(11-18)8-2-3-9-16/h4,6,10H,2-3,5,7-9,11,18H2,1H3,(H,19,20). The highest BCUT2D eigenvalue weighted by atomic mass is 79.9. The van der Waals surface area contributed by atoms with Crippen molar-refractivity contribution in [2.24, 2.45) is 5.73 Å². The number of aryl methyl sites for hydroxylation is 1. The maximum absolute atomic E-state index is 12.1. The molecule has 1 amide bonds. The normalized spacial score (nSPS) is 16.7. The van der Waals surface area contributed by atoms with Crippen molar-refractivity contribution in [3.05, 3.63) is 28.2 Å². The van der Waals surface area contributed by atoms with Gasteiger partial charge in [-0.1, -0.05) is 18.9 Å². The van der Waals surface area contributed by atoms with Gasteiger partial charge in [0.25, 0.3) is 0 Å². The Morgan fingerprint density at radius 2 is 2.14 bits per heavy atom. The van der Waals surface area contributed by atoms with Crippen molar-refractivity contribution in [1.82, 2.24) is 5.32 Å². The molecule has 0 aliphatic heterocycles. The Balaban J connectivity index is 1.87. The highest BCUT2D eigenvalue weighted by Crippen LogP contribution is 2.29. The Morgan fingerprint density at radius 3 is 2.71 bits per heavy atom.